The minimum absolute atomic E-state index is 0.0267. The fraction of sp³-hybridized carbons (Fsp3) is 0.333. The zero-order valence-corrected chi connectivity index (χ0v) is 36.0. The Balaban J connectivity index is 0.743. The van der Waals surface area contributed by atoms with E-state index in [1.807, 2.05) is 47.3 Å². The number of amides is 3. The van der Waals surface area contributed by atoms with Crippen LogP contribution in [0.1, 0.15) is 69.1 Å². The number of Topliss-reactive ketones (excluding diaryl/α,β-unsaturated/α-hetero) is 1. The number of hydrogen-bond donors (Lipinski definition) is 2. The van der Waals surface area contributed by atoms with Crippen LogP contribution in [0.25, 0.3) is 22.3 Å². The van der Waals surface area contributed by atoms with Gasteiger partial charge in [0.25, 0.3) is 5.91 Å². The number of hydrogen-bond acceptors (Lipinski definition) is 13. The summed E-state index contributed by atoms with van der Waals surface area (Å²) in [6.45, 7) is 6.09. The number of benzene rings is 3. The standard InChI is InChI=1S/C48H48FN11O5/c1-65-40-13-8-33(49)23-37(40)39(61)12-4-29-2-6-31(7-3-29)44-43-45(50)52-28-53-46(43)60(55-44)35-16-17-58(27-35)41-14-5-30(24-51-41)25-56-18-20-57(21-19-56)34-9-10-36-32(22-34)26-59(48(36)64)38-11-15-42(62)54-47(38)63/h2-3,5-10,13-14,22-24,28,35,38H,4,11-12,15-21,25-27H2,1H3,(H2,50,52,53)(H,54,62,63)/t35?,38-/m0/s1. The number of ketones is 1. The van der Waals surface area contributed by atoms with Crippen LogP contribution in [0.3, 0.4) is 0 Å². The van der Waals surface area contributed by atoms with Gasteiger partial charge in [-0.3, -0.25) is 29.4 Å². The van der Waals surface area contributed by atoms with Gasteiger partial charge >= 0.3 is 0 Å². The van der Waals surface area contributed by atoms with E-state index in [4.69, 9.17) is 20.6 Å². The van der Waals surface area contributed by atoms with E-state index in [1.54, 1.807) is 4.90 Å². The van der Waals surface area contributed by atoms with Gasteiger partial charge < -0.3 is 25.2 Å². The Kier molecular flexibility index (Phi) is 11.1. The minimum Gasteiger partial charge on any atom is -0.496 e. The summed E-state index contributed by atoms with van der Waals surface area (Å²) < 4.78 is 21.1. The van der Waals surface area contributed by atoms with E-state index in [0.29, 0.717) is 59.8 Å². The maximum absolute atomic E-state index is 13.9. The van der Waals surface area contributed by atoms with Crippen molar-refractivity contribution in [3.63, 3.8) is 0 Å². The molecular weight excluding hydrogens is 830 g/mol. The van der Waals surface area contributed by atoms with Crippen molar-refractivity contribution in [2.75, 3.05) is 61.9 Å². The number of ether oxygens (including phenoxy) is 1. The van der Waals surface area contributed by atoms with Crippen molar-refractivity contribution in [3.8, 4) is 17.0 Å². The molecule has 4 aliphatic rings. The average molecular weight is 878 g/mol. The van der Waals surface area contributed by atoms with Gasteiger partial charge in [0, 0.05) is 88.2 Å². The van der Waals surface area contributed by atoms with Crippen LogP contribution in [0.4, 0.5) is 21.7 Å². The predicted molar refractivity (Wildman–Crippen MR) is 241 cm³/mol. The molecule has 4 aliphatic heterocycles. The number of imide groups is 1. The minimum atomic E-state index is -0.624. The second-order valence-corrected chi connectivity index (χ2v) is 17.1. The largest absolute Gasteiger partial charge is 0.496 e. The number of piperidine rings is 1. The monoisotopic (exact) mass is 877 g/mol. The van der Waals surface area contributed by atoms with E-state index < -0.39 is 17.8 Å². The summed E-state index contributed by atoms with van der Waals surface area (Å²) in [6.07, 6.45) is 5.54. The lowest BCUT2D eigenvalue weighted by molar-refractivity contribution is -0.136. The number of nitrogens with two attached hydrogens (primary N) is 1. The zero-order chi connectivity index (χ0) is 44.8. The molecule has 16 nitrogen and oxygen atoms in total. The number of nitrogens with zero attached hydrogens (tertiary/aromatic N) is 9. The second kappa shape index (κ2) is 17.4. The van der Waals surface area contributed by atoms with E-state index in [1.165, 1.54) is 31.6 Å². The molecule has 3 aromatic heterocycles. The number of anilines is 3. The van der Waals surface area contributed by atoms with Crippen LogP contribution in [0.2, 0.25) is 0 Å². The summed E-state index contributed by atoms with van der Waals surface area (Å²) in [5.74, 6) is 0.0831. The third kappa shape index (κ3) is 8.23. The van der Waals surface area contributed by atoms with Gasteiger partial charge in [0.15, 0.2) is 11.4 Å². The van der Waals surface area contributed by atoms with Crippen LogP contribution in [-0.4, -0.2) is 110 Å². The second-order valence-electron chi connectivity index (χ2n) is 17.1. The highest BCUT2D eigenvalue weighted by atomic mass is 19.1. The number of pyridine rings is 1. The molecule has 3 N–H and O–H groups in total. The molecule has 3 fully saturated rings. The predicted octanol–water partition coefficient (Wildman–Crippen LogP) is 4.97. The van der Waals surface area contributed by atoms with Crippen LogP contribution in [0.15, 0.2) is 85.3 Å². The lowest BCUT2D eigenvalue weighted by Crippen LogP contribution is -2.52. The molecule has 0 radical (unpaired) electrons. The van der Waals surface area contributed by atoms with Gasteiger partial charge in [-0.15, -0.1) is 0 Å². The molecular formula is C48H48FN11O5. The molecule has 17 heteroatoms. The van der Waals surface area contributed by atoms with Crippen LogP contribution in [-0.2, 0) is 29.1 Å². The van der Waals surface area contributed by atoms with E-state index in [-0.39, 0.29) is 42.0 Å². The van der Waals surface area contributed by atoms with Crippen molar-refractivity contribution in [3.05, 3.63) is 119 Å². The molecule has 6 aromatic rings. The van der Waals surface area contributed by atoms with Crippen LogP contribution >= 0.6 is 0 Å². The summed E-state index contributed by atoms with van der Waals surface area (Å²) >= 11 is 0. The van der Waals surface area contributed by atoms with Gasteiger partial charge in [-0.1, -0.05) is 30.3 Å². The molecule has 0 saturated carbocycles. The summed E-state index contributed by atoms with van der Waals surface area (Å²) in [7, 11) is 1.46. The van der Waals surface area contributed by atoms with Crippen molar-refractivity contribution in [1.82, 2.24) is 39.8 Å². The fourth-order valence-corrected chi connectivity index (χ4v) is 9.60. The van der Waals surface area contributed by atoms with Crippen molar-refractivity contribution in [2.24, 2.45) is 0 Å². The number of piperazine rings is 1. The summed E-state index contributed by atoms with van der Waals surface area (Å²) in [4.78, 5) is 72.7. The summed E-state index contributed by atoms with van der Waals surface area (Å²) in [6, 6.07) is 21.4. The summed E-state index contributed by atoms with van der Waals surface area (Å²) in [5.41, 5.74) is 13.6. The molecule has 65 heavy (non-hydrogen) atoms. The Hall–Kier alpha value is -7.27. The number of nitrogen functional groups attached to an aromatic ring is 1. The molecule has 1 unspecified atom stereocenters. The van der Waals surface area contributed by atoms with Gasteiger partial charge in [-0.2, -0.15) is 5.10 Å². The Bertz CT molecular complexity index is 2830. The number of nitrogens with one attached hydrogen (secondary N) is 1. The van der Waals surface area contributed by atoms with Crippen molar-refractivity contribution in [2.45, 2.75) is 57.3 Å². The maximum Gasteiger partial charge on any atom is 0.255 e. The number of fused-ring (bicyclic) bond motifs is 2. The molecule has 7 heterocycles. The van der Waals surface area contributed by atoms with Gasteiger partial charge in [0.05, 0.1) is 24.1 Å². The van der Waals surface area contributed by atoms with Crippen molar-refractivity contribution < 1.29 is 28.3 Å². The number of rotatable bonds is 12. The Morgan fingerprint density at radius 3 is 2.48 bits per heavy atom. The Labute approximate surface area is 374 Å². The first-order valence-electron chi connectivity index (χ1n) is 22.0. The number of carbonyl (C=O) groups excluding carboxylic acids is 4. The molecule has 0 bridgehead atoms. The lowest BCUT2D eigenvalue weighted by Gasteiger charge is -2.36. The van der Waals surface area contributed by atoms with Crippen molar-refractivity contribution >= 4 is 51.9 Å². The van der Waals surface area contributed by atoms with E-state index in [0.717, 1.165) is 79.4 Å². The molecule has 0 spiro atoms. The fourth-order valence-electron chi connectivity index (χ4n) is 9.60. The third-order valence-electron chi connectivity index (χ3n) is 13.1. The van der Waals surface area contributed by atoms with Crippen LogP contribution in [0, 0.1) is 5.82 Å². The number of aromatic nitrogens is 5. The molecule has 3 saturated heterocycles. The molecule has 3 amide bonds. The first-order valence-corrected chi connectivity index (χ1v) is 22.0. The normalized spacial score (nSPS) is 19.0. The third-order valence-corrected chi connectivity index (χ3v) is 13.1. The maximum atomic E-state index is 13.9. The molecule has 2 atom stereocenters. The number of methoxy groups -OCH3 is 1. The lowest BCUT2D eigenvalue weighted by atomic mass is 10.00. The first kappa shape index (κ1) is 41.7. The number of halogens is 1. The Morgan fingerprint density at radius 1 is 0.892 bits per heavy atom. The van der Waals surface area contributed by atoms with E-state index in [2.05, 4.69) is 48.2 Å². The van der Waals surface area contributed by atoms with Gasteiger partial charge in [0.2, 0.25) is 11.8 Å². The van der Waals surface area contributed by atoms with Gasteiger partial charge in [0.1, 0.15) is 41.3 Å². The quantitative estimate of drug-likeness (QED) is 0.124. The number of aryl methyl sites for hydroxylation is 1. The first-order chi connectivity index (χ1) is 31.6. The highest BCUT2D eigenvalue weighted by molar-refractivity contribution is 6.05. The van der Waals surface area contributed by atoms with Crippen molar-refractivity contribution in [1.29, 1.82) is 0 Å². The van der Waals surface area contributed by atoms with Gasteiger partial charge in [-0.25, -0.2) is 24.0 Å². The zero-order valence-electron chi connectivity index (χ0n) is 36.0. The topological polar surface area (TPSA) is 185 Å². The van der Waals surface area contributed by atoms with E-state index >= 15 is 0 Å². The average Bonchev–Trinajstić information content (AvgIpc) is 4.05. The highest BCUT2D eigenvalue weighted by Gasteiger charge is 2.39. The van der Waals surface area contributed by atoms with E-state index in [9.17, 15) is 23.6 Å². The SMILES string of the molecule is COc1ccc(F)cc1C(=O)CCc1ccc(-c2nn(C3CCN(c4ccc(CN5CCN(c6ccc7c(c6)CN([C@H]6CCC(=O)NC6=O)C7=O)CC5)cn4)C3)c3ncnc(N)c23)cc1. The molecule has 10 rings (SSSR count). The smallest absolute Gasteiger partial charge is 0.255 e. The van der Waals surface area contributed by atoms with Gasteiger partial charge in [-0.05, 0) is 78.4 Å². The van der Waals surface area contributed by atoms with Crippen LogP contribution < -0.4 is 25.6 Å². The number of carbonyl (C=O) groups is 4. The summed E-state index contributed by atoms with van der Waals surface area (Å²) in [5, 5.41) is 8.15. The molecule has 332 valence electrons. The van der Waals surface area contributed by atoms with Crippen LogP contribution in [0.5, 0.6) is 5.75 Å². The Morgan fingerprint density at radius 2 is 1.71 bits per heavy atom. The molecule has 0 aliphatic carbocycles. The molecule has 3 aromatic carbocycles. The highest BCUT2D eigenvalue weighted by Crippen LogP contribution is 2.36.